The predicted octanol–water partition coefficient (Wildman–Crippen LogP) is 1.08. The summed E-state index contributed by atoms with van der Waals surface area (Å²) in [4.78, 5) is 20.8. The standard InChI is InChI=1S/C11H11FO4/c12-8-5-1-3-7(4-2-6-13)9(8)10(14)11(15)16/h1,3,5-6,10,14H,2,4H2,(H,15,16). The molecule has 0 aliphatic rings. The highest BCUT2D eigenvalue weighted by Crippen LogP contribution is 2.22. The van der Waals surface area contributed by atoms with Gasteiger partial charge in [0.2, 0.25) is 0 Å². The highest BCUT2D eigenvalue weighted by atomic mass is 19.1. The Morgan fingerprint density at radius 2 is 2.19 bits per heavy atom. The molecular weight excluding hydrogens is 215 g/mol. The number of carboxylic acids is 1. The van der Waals surface area contributed by atoms with Crippen LogP contribution in [-0.2, 0) is 16.0 Å². The van der Waals surface area contributed by atoms with Gasteiger partial charge in [0.15, 0.2) is 6.10 Å². The van der Waals surface area contributed by atoms with Gasteiger partial charge in [0.25, 0.3) is 0 Å². The summed E-state index contributed by atoms with van der Waals surface area (Å²) in [6, 6.07) is 3.98. The quantitative estimate of drug-likeness (QED) is 0.736. The number of aliphatic hydroxyl groups excluding tert-OH is 1. The second kappa shape index (κ2) is 5.37. The van der Waals surface area contributed by atoms with Crippen molar-refractivity contribution in [2.45, 2.75) is 18.9 Å². The number of aliphatic hydroxyl groups is 1. The molecule has 1 aromatic rings. The van der Waals surface area contributed by atoms with Crippen LogP contribution in [0, 0.1) is 5.82 Å². The van der Waals surface area contributed by atoms with Crippen LogP contribution in [0.2, 0.25) is 0 Å². The lowest BCUT2D eigenvalue weighted by atomic mass is 9.98. The summed E-state index contributed by atoms with van der Waals surface area (Å²) >= 11 is 0. The van der Waals surface area contributed by atoms with Crippen LogP contribution in [0.1, 0.15) is 23.7 Å². The van der Waals surface area contributed by atoms with Gasteiger partial charge in [0, 0.05) is 12.0 Å². The zero-order valence-corrected chi connectivity index (χ0v) is 8.39. The second-order valence-electron chi connectivity index (χ2n) is 3.26. The van der Waals surface area contributed by atoms with E-state index in [1.165, 1.54) is 12.1 Å². The van der Waals surface area contributed by atoms with Crippen molar-refractivity contribution in [3.8, 4) is 0 Å². The summed E-state index contributed by atoms with van der Waals surface area (Å²) in [6.07, 6.45) is -0.881. The van der Waals surface area contributed by atoms with E-state index >= 15 is 0 Å². The van der Waals surface area contributed by atoms with Crippen LogP contribution in [-0.4, -0.2) is 22.5 Å². The van der Waals surface area contributed by atoms with E-state index in [-0.39, 0.29) is 18.4 Å². The van der Waals surface area contributed by atoms with E-state index in [2.05, 4.69) is 0 Å². The molecule has 0 saturated heterocycles. The SMILES string of the molecule is O=CCCc1cccc(F)c1C(O)C(=O)O. The average molecular weight is 226 g/mol. The van der Waals surface area contributed by atoms with Gasteiger partial charge in [-0.25, -0.2) is 9.18 Å². The molecule has 2 N–H and O–H groups in total. The number of benzene rings is 1. The van der Waals surface area contributed by atoms with E-state index in [0.29, 0.717) is 11.8 Å². The number of carboxylic acid groups (broad SMARTS) is 1. The van der Waals surface area contributed by atoms with Gasteiger partial charge in [-0.1, -0.05) is 12.1 Å². The minimum absolute atomic E-state index is 0.156. The van der Waals surface area contributed by atoms with Crippen molar-refractivity contribution in [3.05, 3.63) is 35.1 Å². The molecule has 0 amide bonds. The summed E-state index contributed by atoms with van der Waals surface area (Å²) in [5.41, 5.74) is 0.0684. The Hall–Kier alpha value is -1.75. The van der Waals surface area contributed by atoms with Crippen LogP contribution in [0.4, 0.5) is 4.39 Å². The highest BCUT2D eigenvalue weighted by Gasteiger charge is 2.22. The third kappa shape index (κ3) is 2.64. The fourth-order valence-electron chi connectivity index (χ4n) is 1.44. The van der Waals surface area contributed by atoms with Gasteiger partial charge < -0.3 is 15.0 Å². The molecule has 0 spiro atoms. The number of hydrogen-bond acceptors (Lipinski definition) is 3. The lowest BCUT2D eigenvalue weighted by Gasteiger charge is -2.12. The van der Waals surface area contributed by atoms with Gasteiger partial charge in [0.05, 0.1) is 0 Å². The molecule has 16 heavy (non-hydrogen) atoms. The Kier molecular flexibility index (Phi) is 4.13. The Morgan fingerprint density at radius 3 is 2.75 bits per heavy atom. The first-order valence-corrected chi connectivity index (χ1v) is 4.69. The first kappa shape index (κ1) is 12.3. The Bertz CT molecular complexity index is 403. The van der Waals surface area contributed by atoms with E-state index in [9.17, 15) is 19.1 Å². The smallest absolute Gasteiger partial charge is 0.337 e. The first-order chi connectivity index (χ1) is 7.57. The minimum Gasteiger partial charge on any atom is -0.479 e. The Labute approximate surface area is 91.3 Å². The predicted molar refractivity (Wildman–Crippen MR) is 53.4 cm³/mol. The monoisotopic (exact) mass is 226 g/mol. The van der Waals surface area contributed by atoms with E-state index in [1.54, 1.807) is 0 Å². The van der Waals surface area contributed by atoms with Crippen LogP contribution in [0.15, 0.2) is 18.2 Å². The van der Waals surface area contributed by atoms with Gasteiger partial charge in [-0.05, 0) is 18.1 Å². The van der Waals surface area contributed by atoms with Crippen LogP contribution in [0.3, 0.4) is 0 Å². The number of rotatable bonds is 5. The number of carbonyl (C=O) groups excluding carboxylic acids is 1. The van der Waals surface area contributed by atoms with Crippen molar-refractivity contribution >= 4 is 12.3 Å². The van der Waals surface area contributed by atoms with Crippen molar-refractivity contribution < 1.29 is 24.2 Å². The fourth-order valence-corrected chi connectivity index (χ4v) is 1.44. The maximum Gasteiger partial charge on any atom is 0.337 e. The molecule has 1 unspecified atom stereocenters. The van der Waals surface area contributed by atoms with Crippen molar-refractivity contribution in [2.24, 2.45) is 0 Å². The molecule has 1 rings (SSSR count). The van der Waals surface area contributed by atoms with E-state index in [1.807, 2.05) is 0 Å². The van der Waals surface area contributed by atoms with Gasteiger partial charge in [-0.3, -0.25) is 0 Å². The van der Waals surface area contributed by atoms with Crippen molar-refractivity contribution in [3.63, 3.8) is 0 Å². The Morgan fingerprint density at radius 1 is 1.50 bits per heavy atom. The summed E-state index contributed by atoms with van der Waals surface area (Å²) in [6.45, 7) is 0. The largest absolute Gasteiger partial charge is 0.479 e. The molecule has 0 bridgehead atoms. The number of halogens is 1. The number of aliphatic carboxylic acids is 1. The third-order valence-corrected chi connectivity index (χ3v) is 2.18. The number of carbonyl (C=O) groups is 2. The lowest BCUT2D eigenvalue weighted by Crippen LogP contribution is -2.14. The topological polar surface area (TPSA) is 74.6 Å². The second-order valence-corrected chi connectivity index (χ2v) is 3.26. The lowest BCUT2D eigenvalue weighted by molar-refractivity contribution is -0.147. The number of hydrogen-bond donors (Lipinski definition) is 2. The fraction of sp³-hybridized carbons (Fsp3) is 0.273. The van der Waals surface area contributed by atoms with E-state index < -0.39 is 17.9 Å². The summed E-state index contributed by atoms with van der Waals surface area (Å²) in [5.74, 6) is -2.30. The minimum atomic E-state index is -1.90. The zero-order chi connectivity index (χ0) is 12.1. The Balaban J connectivity index is 3.12. The highest BCUT2D eigenvalue weighted by molar-refractivity contribution is 5.74. The van der Waals surface area contributed by atoms with Gasteiger partial charge >= 0.3 is 5.97 Å². The molecule has 0 fully saturated rings. The number of aryl methyl sites for hydroxylation is 1. The van der Waals surface area contributed by atoms with Crippen LogP contribution >= 0.6 is 0 Å². The molecule has 0 heterocycles. The van der Waals surface area contributed by atoms with E-state index in [0.717, 1.165) is 6.07 Å². The maximum absolute atomic E-state index is 13.4. The molecular formula is C11H11FO4. The van der Waals surface area contributed by atoms with Crippen LogP contribution in [0.5, 0.6) is 0 Å². The maximum atomic E-state index is 13.4. The molecule has 4 nitrogen and oxygen atoms in total. The number of aldehydes is 1. The molecule has 0 saturated carbocycles. The molecule has 0 aliphatic carbocycles. The average Bonchev–Trinajstić information content (AvgIpc) is 2.25. The molecule has 86 valence electrons. The first-order valence-electron chi connectivity index (χ1n) is 4.69. The molecule has 0 radical (unpaired) electrons. The van der Waals surface area contributed by atoms with Crippen LogP contribution in [0.25, 0.3) is 0 Å². The molecule has 1 atom stereocenters. The molecule has 0 aromatic heterocycles. The van der Waals surface area contributed by atoms with Crippen molar-refractivity contribution in [1.82, 2.24) is 0 Å². The van der Waals surface area contributed by atoms with E-state index in [4.69, 9.17) is 5.11 Å². The summed E-state index contributed by atoms with van der Waals surface area (Å²) in [5, 5.41) is 18.0. The van der Waals surface area contributed by atoms with Crippen molar-refractivity contribution in [1.29, 1.82) is 0 Å². The summed E-state index contributed by atoms with van der Waals surface area (Å²) < 4.78 is 13.4. The third-order valence-electron chi connectivity index (χ3n) is 2.18. The van der Waals surface area contributed by atoms with Crippen LogP contribution < -0.4 is 0 Å². The van der Waals surface area contributed by atoms with Gasteiger partial charge in [-0.2, -0.15) is 0 Å². The van der Waals surface area contributed by atoms with Gasteiger partial charge in [0.1, 0.15) is 12.1 Å². The summed E-state index contributed by atoms with van der Waals surface area (Å²) in [7, 11) is 0. The zero-order valence-electron chi connectivity index (χ0n) is 8.39. The molecule has 0 aliphatic heterocycles. The molecule has 5 heteroatoms. The molecule has 1 aromatic carbocycles. The van der Waals surface area contributed by atoms with Gasteiger partial charge in [-0.15, -0.1) is 0 Å². The normalized spacial score (nSPS) is 12.1. The van der Waals surface area contributed by atoms with Crippen molar-refractivity contribution in [2.75, 3.05) is 0 Å².